The monoisotopic (exact) mass is 288 g/mol. The number of benzene rings is 1. The Morgan fingerprint density at radius 1 is 1.24 bits per heavy atom. The number of aliphatic hydroxyl groups is 1. The van der Waals surface area contributed by atoms with Crippen molar-refractivity contribution in [2.45, 2.75) is 38.7 Å². The van der Waals surface area contributed by atoms with Gasteiger partial charge >= 0.3 is 0 Å². The van der Waals surface area contributed by atoms with Crippen LogP contribution in [-0.2, 0) is 4.74 Å². The second-order valence-electron chi connectivity index (χ2n) is 5.51. The predicted molar refractivity (Wildman–Crippen MR) is 83.3 cm³/mol. The maximum Gasteiger partial charge on any atom is 0.120 e. The molecule has 0 aliphatic heterocycles. The molecule has 3 nitrogen and oxygen atoms in total. The minimum Gasteiger partial charge on any atom is -0.491 e. The molecule has 0 radical (unpaired) electrons. The number of aliphatic hydroxyl groups excluding tert-OH is 1. The molecule has 3 heteroatoms. The van der Waals surface area contributed by atoms with Gasteiger partial charge in [0, 0.05) is 5.56 Å². The first-order valence-electron chi connectivity index (χ1n) is 7.74. The fourth-order valence-electron chi connectivity index (χ4n) is 2.69. The van der Waals surface area contributed by atoms with E-state index in [1.807, 2.05) is 24.3 Å². The molecule has 0 aromatic heterocycles. The van der Waals surface area contributed by atoms with Crippen LogP contribution in [0.5, 0.6) is 5.75 Å². The molecule has 0 saturated heterocycles. The van der Waals surface area contributed by atoms with Crippen molar-refractivity contribution in [2.24, 2.45) is 5.92 Å². The van der Waals surface area contributed by atoms with Crippen LogP contribution in [0.4, 0.5) is 0 Å². The van der Waals surface area contributed by atoms with Gasteiger partial charge in [0.1, 0.15) is 19.0 Å². The number of ether oxygens (including phenoxy) is 2. The molecular formula is C18H24O3. The number of hydrogen-bond acceptors (Lipinski definition) is 3. The topological polar surface area (TPSA) is 38.7 Å². The summed E-state index contributed by atoms with van der Waals surface area (Å²) in [6.45, 7) is 3.33. The molecule has 2 unspecified atom stereocenters. The van der Waals surface area contributed by atoms with Crippen LogP contribution >= 0.6 is 0 Å². The Hall–Kier alpha value is -1.50. The van der Waals surface area contributed by atoms with Crippen molar-refractivity contribution in [2.75, 3.05) is 19.8 Å². The van der Waals surface area contributed by atoms with Gasteiger partial charge in [0.15, 0.2) is 0 Å². The van der Waals surface area contributed by atoms with E-state index in [1.165, 1.54) is 25.7 Å². The highest BCUT2D eigenvalue weighted by Gasteiger charge is 2.21. The standard InChI is InChI=1S/C18H24O3/c1-15-6-2-3-10-18(15)21-13-12-20-17-9-4-7-16(14-17)8-5-11-19/h4,7,9,14-15,18-19H,2-3,6,10-13H2,1H3. The minimum atomic E-state index is -0.126. The lowest BCUT2D eigenvalue weighted by atomic mass is 9.88. The van der Waals surface area contributed by atoms with Crippen molar-refractivity contribution in [1.29, 1.82) is 0 Å². The highest BCUT2D eigenvalue weighted by Crippen LogP contribution is 2.26. The third-order valence-corrected chi connectivity index (χ3v) is 3.86. The summed E-state index contributed by atoms with van der Waals surface area (Å²) in [6, 6.07) is 7.59. The van der Waals surface area contributed by atoms with E-state index in [0.29, 0.717) is 25.2 Å². The minimum absolute atomic E-state index is 0.126. The lowest BCUT2D eigenvalue weighted by Crippen LogP contribution is -2.27. The largest absolute Gasteiger partial charge is 0.491 e. The van der Waals surface area contributed by atoms with Gasteiger partial charge in [-0.2, -0.15) is 0 Å². The van der Waals surface area contributed by atoms with E-state index in [1.54, 1.807) is 0 Å². The third-order valence-electron chi connectivity index (χ3n) is 3.86. The number of rotatable bonds is 5. The van der Waals surface area contributed by atoms with E-state index in [4.69, 9.17) is 14.6 Å². The van der Waals surface area contributed by atoms with Gasteiger partial charge in [-0.15, -0.1) is 0 Å². The zero-order valence-corrected chi connectivity index (χ0v) is 12.7. The molecule has 1 aliphatic rings. The highest BCUT2D eigenvalue weighted by molar-refractivity contribution is 5.39. The fraction of sp³-hybridized carbons (Fsp3) is 0.556. The lowest BCUT2D eigenvalue weighted by Gasteiger charge is -2.28. The maximum absolute atomic E-state index is 8.69. The molecule has 1 aromatic rings. The van der Waals surface area contributed by atoms with Crippen LogP contribution in [0.15, 0.2) is 24.3 Å². The van der Waals surface area contributed by atoms with Gasteiger partial charge in [0.05, 0.1) is 12.7 Å². The molecular weight excluding hydrogens is 264 g/mol. The van der Waals surface area contributed by atoms with Crippen molar-refractivity contribution in [3.63, 3.8) is 0 Å². The van der Waals surface area contributed by atoms with Crippen LogP contribution < -0.4 is 4.74 Å². The van der Waals surface area contributed by atoms with Crippen LogP contribution in [0.3, 0.4) is 0 Å². The Labute approximate surface area is 127 Å². The summed E-state index contributed by atoms with van der Waals surface area (Å²) in [6.07, 6.45) is 5.45. The zero-order chi connectivity index (χ0) is 14.9. The van der Waals surface area contributed by atoms with Crippen molar-refractivity contribution >= 4 is 0 Å². The average Bonchev–Trinajstić information content (AvgIpc) is 2.51. The summed E-state index contributed by atoms with van der Waals surface area (Å²) in [7, 11) is 0. The molecule has 1 aliphatic carbocycles. The van der Waals surface area contributed by atoms with Gasteiger partial charge in [0.2, 0.25) is 0 Å². The van der Waals surface area contributed by atoms with E-state index >= 15 is 0 Å². The molecule has 0 spiro atoms. The average molecular weight is 288 g/mol. The van der Waals surface area contributed by atoms with Gasteiger partial charge in [-0.3, -0.25) is 0 Å². The summed E-state index contributed by atoms with van der Waals surface area (Å²) in [5.41, 5.74) is 0.850. The molecule has 0 amide bonds. The molecule has 2 rings (SSSR count). The van der Waals surface area contributed by atoms with E-state index < -0.39 is 0 Å². The van der Waals surface area contributed by atoms with E-state index in [9.17, 15) is 0 Å². The second kappa shape index (κ2) is 8.71. The van der Waals surface area contributed by atoms with Gasteiger partial charge in [-0.05, 0) is 37.0 Å². The third kappa shape index (κ3) is 5.41. The van der Waals surface area contributed by atoms with Crippen molar-refractivity contribution in [3.8, 4) is 17.6 Å². The van der Waals surface area contributed by atoms with Crippen molar-refractivity contribution in [1.82, 2.24) is 0 Å². The SMILES string of the molecule is CC1CCCCC1OCCOc1cccc(C#CCO)c1. The molecule has 1 fully saturated rings. The highest BCUT2D eigenvalue weighted by atomic mass is 16.5. The molecule has 2 atom stereocenters. The smallest absolute Gasteiger partial charge is 0.120 e. The van der Waals surface area contributed by atoms with E-state index in [-0.39, 0.29) is 6.61 Å². The Morgan fingerprint density at radius 2 is 2.10 bits per heavy atom. The lowest BCUT2D eigenvalue weighted by molar-refractivity contribution is -0.0165. The van der Waals surface area contributed by atoms with Crippen LogP contribution in [-0.4, -0.2) is 31.0 Å². The van der Waals surface area contributed by atoms with Gasteiger partial charge in [-0.25, -0.2) is 0 Å². The van der Waals surface area contributed by atoms with Gasteiger partial charge in [0.25, 0.3) is 0 Å². The predicted octanol–water partition coefficient (Wildman–Crippen LogP) is 3.00. The number of hydrogen-bond donors (Lipinski definition) is 1. The molecule has 1 aromatic carbocycles. The Morgan fingerprint density at radius 3 is 2.90 bits per heavy atom. The second-order valence-corrected chi connectivity index (χ2v) is 5.51. The van der Waals surface area contributed by atoms with Gasteiger partial charge < -0.3 is 14.6 Å². The van der Waals surface area contributed by atoms with E-state index in [2.05, 4.69) is 18.8 Å². The molecule has 0 bridgehead atoms. The summed E-state index contributed by atoms with van der Waals surface area (Å²) in [5, 5.41) is 8.69. The summed E-state index contributed by atoms with van der Waals surface area (Å²) >= 11 is 0. The van der Waals surface area contributed by atoms with E-state index in [0.717, 1.165) is 11.3 Å². The van der Waals surface area contributed by atoms with Crippen LogP contribution in [0.2, 0.25) is 0 Å². The molecule has 1 N–H and O–H groups in total. The summed E-state index contributed by atoms with van der Waals surface area (Å²) in [4.78, 5) is 0. The Balaban J connectivity index is 1.73. The summed E-state index contributed by atoms with van der Waals surface area (Å²) < 4.78 is 11.6. The van der Waals surface area contributed by atoms with Crippen molar-refractivity contribution in [3.05, 3.63) is 29.8 Å². The maximum atomic E-state index is 8.69. The van der Waals surface area contributed by atoms with Crippen LogP contribution in [0.25, 0.3) is 0 Å². The zero-order valence-electron chi connectivity index (χ0n) is 12.7. The first kappa shape index (κ1) is 15.9. The molecule has 21 heavy (non-hydrogen) atoms. The molecule has 0 heterocycles. The Kier molecular flexibility index (Phi) is 6.59. The molecule has 1 saturated carbocycles. The van der Waals surface area contributed by atoms with Crippen LogP contribution in [0.1, 0.15) is 38.2 Å². The van der Waals surface area contributed by atoms with Gasteiger partial charge in [-0.1, -0.05) is 37.7 Å². The quantitative estimate of drug-likeness (QED) is 0.668. The fourth-order valence-corrected chi connectivity index (χ4v) is 2.69. The summed E-state index contributed by atoms with van der Waals surface area (Å²) in [5.74, 6) is 6.96. The molecule has 114 valence electrons. The first-order valence-corrected chi connectivity index (χ1v) is 7.74. The van der Waals surface area contributed by atoms with Crippen LogP contribution in [0, 0.1) is 17.8 Å². The Bertz CT molecular complexity index is 487. The first-order chi connectivity index (χ1) is 10.3. The van der Waals surface area contributed by atoms with Crippen molar-refractivity contribution < 1.29 is 14.6 Å². The normalized spacial score (nSPS) is 21.4.